The number of aromatic nitrogens is 4. The van der Waals surface area contributed by atoms with Crippen LogP contribution in [0.1, 0.15) is 48.6 Å². The molecule has 0 bridgehead atoms. The lowest BCUT2D eigenvalue weighted by atomic mass is 10.2. The molecule has 2 atom stereocenters. The Balaban J connectivity index is 1.58. The van der Waals surface area contributed by atoms with Crippen LogP contribution in [0.3, 0.4) is 0 Å². The number of oxazole rings is 1. The number of hydrogen-bond acceptors (Lipinski definition) is 6. The van der Waals surface area contributed by atoms with E-state index in [0.29, 0.717) is 35.6 Å². The Morgan fingerprint density at radius 2 is 1.94 bits per heavy atom. The number of pyridine rings is 1. The molecule has 2 N–H and O–H groups in total. The molecule has 1 saturated heterocycles. The number of nitrogens with zero attached hydrogens (tertiary/aromatic N) is 5. The van der Waals surface area contributed by atoms with E-state index in [4.69, 9.17) is 20.1 Å². The summed E-state index contributed by atoms with van der Waals surface area (Å²) in [5.74, 6) is 1.87. The third-order valence-electron chi connectivity index (χ3n) is 6.24. The number of aryl methyl sites for hydroxylation is 1. The van der Waals surface area contributed by atoms with Gasteiger partial charge in [0.25, 0.3) is 0 Å². The predicted octanol–water partition coefficient (Wildman–Crippen LogP) is 3.92. The van der Waals surface area contributed by atoms with Crippen molar-refractivity contribution in [2.24, 2.45) is 5.73 Å². The molecule has 0 spiro atoms. The van der Waals surface area contributed by atoms with E-state index in [2.05, 4.69) is 40.4 Å². The zero-order valence-electron chi connectivity index (χ0n) is 18.4. The normalized spacial score (nSPS) is 18.5. The van der Waals surface area contributed by atoms with Crippen LogP contribution in [-0.4, -0.2) is 37.5 Å². The van der Waals surface area contributed by atoms with Gasteiger partial charge in [-0.3, -0.25) is 4.79 Å². The molecule has 3 aromatic heterocycles. The first-order valence-electron chi connectivity index (χ1n) is 10.9. The standard InChI is InChI=1S/C24H26N6O2/c1-14-4-5-15(2)30(14)22-9-7-18(11-26-22)24-28-20-10-17(23(25)31)6-8-21(20)29(24)12-19-13-32-16(3)27-19/h6-11,13-15H,4-5,12H2,1-3H3,(H2,25,31)/t14-,15-/m0/s1. The lowest BCUT2D eigenvalue weighted by Gasteiger charge is -2.27. The van der Waals surface area contributed by atoms with Crippen molar-refractivity contribution in [1.29, 1.82) is 0 Å². The van der Waals surface area contributed by atoms with Crippen LogP contribution in [0.15, 0.2) is 47.2 Å². The Bertz CT molecular complexity index is 1280. The van der Waals surface area contributed by atoms with Crippen molar-refractivity contribution in [2.75, 3.05) is 4.90 Å². The van der Waals surface area contributed by atoms with Crippen LogP contribution >= 0.6 is 0 Å². The number of rotatable bonds is 5. The van der Waals surface area contributed by atoms with E-state index < -0.39 is 5.91 Å². The summed E-state index contributed by atoms with van der Waals surface area (Å²) in [5, 5.41) is 0. The van der Waals surface area contributed by atoms with Gasteiger partial charge in [-0.1, -0.05) is 0 Å². The Kier molecular flexibility index (Phi) is 4.92. The number of fused-ring (bicyclic) bond motifs is 1. The van der Waals surface area contributed by atoms with Crippen LogP contribution in [0.4, 0.5) is 5.82 Å². The summed E-state index contributed by atoms with van der Waals surface area (Å²) in [6.45, 7) is 6.79. The molecule has 8 heteroatoms. The van der Waals surface area contributed by atoms with E-state index >= 15 is 0 Å². The Hall–Kier alpha value is -3.68. The third-order valence-corrected chi connectivity index (χ3v) is 6.24. The van der Waals surface area contributed by atoms with E-state index in [0.717, 1.165) is 28.4 Å². The first-order chi connectivity index (χ1) is 15.4. The number of amides is 1. The second-order valence-corrected chi connectivity index (χ2v) is 8.53. The molecule has 32 heavy (non-hydrogen) atoms. The molecule has 1 aromatic carbocycles. The molecule has 164 valence electrons. The molecule has 0 aliphatic carbocycles. The van der Waals surface area contributed by atoms with Gasteiger partial charge in [0.05, 0.1) is 23.3 Å². The van der Waals surface area contributed by atoms with Gasteiger partial charge in [0.2, 0.25) is 5.91 Å². The first-order valence-corrected chi connectivity index (χ1v) is 10.9. The smallest absolute Gasteiger partial charge is 0.248 e. The lowest BCUT2D eigenvalue weighted by molar-refractivity contribution is 0.100. The summed E-state index contributed by atoms with van der Waals surface area (Å²) >= 11 is 0. The minimum Gasteiger partial charge on any atom is -0.449 e. The minimum absolute atomic E-state index is 0.427. The van der Waals surface area contributed by atoms with Gasteiger partial charge in [0, 0.05) is 36.3 Å². The quantitative estimate of drug-likeness (QED) is 0.515. The summed E-state index contributed by atoms with van der Waals surface area (Å²) in [4.78, 5) is 28.1. The molecular formula is C24H26N6O2. The summed E-state index contributed by atoms with van der Waals surface area (Å²) in [6.07, 6.45) is 5.88. The molecule has 4 aromatic rings. The van der Waals surface area contributed by atoms with Crippen LogP contribution in [0, 0.1) is 6.92 Å². The number of carbonyl (C=O) groups excluding carboxylic acids is 1. The molecule has 5 rings (SSSR count). The monoisotopic (exact) mass is 430 g/mol. The second-order valence-electron chi connectivity index (χ2n) is 8.53. The van der Waals surface area contributed by atoms with Crippen molar-refractivity contribution < 1.29 is 9.21 Å². The van der Waals surface area contributed by atoms with Crippen molar-refractivity contribution in [2.45, 2.75) is 52.2 Å². The van der Waals surface area contributed by atoms with Crippen LogP contribution < -0.4 is 10.6 Å². The highest BCUT2D eigenvalue weighted by atomic mass is 16.3. The van der Waals surface area contributed by atoms with Gasteiger partial charge in [0.1, 0.15) is 17.9 Å². The van der Waals surface area contributed by atoms with Gasteiger partial charge in [0.15, 0.2) is 5.89 Å². The van der Waals surface area contributed by atoms with Gasteiger partial charge in [-0.15, -0.1) is 0 Å². The van der Waals surface area contributed by atoms with Crippen molar-refractivity contribution >= 4 is 22.8 Å². The largest absolute Gasteiger partial charge is 0.449 e. The van der Waals surface area contributed by atoms with E-state index in [1.807, 2.05) is 19.2 Å². The number of carbonyl (C=O) groups is 1. The summed E-state index contributed by atoms with van der Waals surface area (Å²) in [7, 11) is 0. The molecule has 1 aliphatic heterocycles. The van der Waals surface area contributed by atoms with E-state index in [-0.39, 0.29) is 0 Å². The second kappa shape index (κ2) is 7.78. The van der Waals surface area contributed by atoms with Gasteiger partial charge >= 0.3 is 0 Å². The molecular weight excluding hydrogens is 404 g/mol. The SMILES string of the molecule is Cc1nc(Cn2c(-c3ccc(N4[C@@H](C)CC[C@@H]4C)nc3)nc3cc(C(N)=O)ccc32)co1. The highest BCUT2D eigenvalue weighted by Gasteiger charge is 2.28. The number of primary amides is 1. The van der Waals surface area contributed by atoms with Crippen LogP contribution in [-0.2, 0) is 6.54 Å². The van der Waals surface area contributed by atoms with Crippen LogP contribution in [0.2, 0.25) is 0 Å². The highest BCUT2D eigenvalue weighted by molar-refractivity contribution is 5.96. The number of anilines is 1. The average molecular weight is 431 g/mol. The molecule has 1 amide bonds. The zero-order valence-corrected chi connectivity index (χ0v) is 18.4. The average Bonchev–Trinajstić information content (AvgIpc) is 3.45. The maximum absolute atomic E-state index is 11.7. The maximum Gasteiger partial charge on any atom is 0.248 e. The highest BCUT2D eigenvalue weighted by Crippen LogP contribution is 2.31. The van der Waals surface area contributed by atoms with Gasteiger partial charge in [-0.05, 0) is 57.0 Å². The van der Waals surface area contributed by atoms with Gasteiger partial charge < -0.3 is 19.6 Å². The lowest BCUT2D eigenvalue weighted by Crippen LogP contribution is -2.33. The fourth-order valence-corrected chi connectivity index (χ4v) is 4.62. The van der Waals surface area contributed by atoms with Crippen LogP contribution in [0.25, 0.3) is 22.4 Å². The summed E-state index contributed by atoms with van der Waals surface area (Å²) < 4.78 is 7.46. The van der Waals surface area contributed by atoms with Gasteiger partial charge in [-0.25, -0.2) is 15.0 Å². The Morgan fingerprint density at radius 3 is 2.56 bits per heavy atom. The fraction of sp³-hybridized carbons (Fsp3) is 0.333. The van der Waals surface area contributed by atoms with E-state index in [1.165, 1.54) is 12.8 Å². The first kappa shape index (κ1) is 20.2. The molecule has 0 radical (unpaired) electrons. The van der Waals surface area contributed by atoms with Crippen molar-refractivity contribution in [3.63, 3.8) is 0 Å². The molecule has 0 saturated carbocycles. The fourth-order valence-electron chi connectivity index (χ4n) is 4.62. The summed E-state index contributed by atoms with van der Waals surface area (Å²) in [6, 6.07) is 10.4. The number of imidazole rings is 1. The van der Waals surface area contributed by atoms with Crippen LogP contribution in [0.5, 0.6) is 0 Å². The summed E-state index contributed by atoms with van der Waals surface area (Å²) in [5.41, 5.74) is 9.18. The number of nitrogens with two attached hydrogens (primary N) is 1. The Morgan fingerprint density at radius 1 is 1.16 bits per heavy atom. The zero-order chi connectivity index (χ0) is 22.4. The molecule has 8 nitrogen and oxygen atoms in total. The minimum atomic E-state index is -0.477. The molecule has 1 aliphatic rings. The Labute approximate surface area is 186 Å². The maximum atomic E-state index is 11.7. The van der Waals surface area contributed by atoms with Crippen molar-refractivity contribution in [3.05, 3.63) is 59.9 Å². The third kappa shape index (κ3) is 3.51. The molecule has 4 heterocycles. The number of benzene rings is 1. The van der Waals surface area contributed by atoms with Gasteiger partial charge in [-0.2, -0.15) is 0 Å². The number of hydrogen-bond donors (Lipinski definition) is 1. The van der Waals surface area contributed by atoms with Crippen molar-refractivity contribution in [1.82, 2.24) is 19.5 Å². The van der Waals surface area contributed by atoms with Crippen molar-refractivity contribution in [3.8, 4) is 11.4 Å². The molecule has 1 fully saturated rings. The topological polar surface area (TPSA) is 103 Å². The molecule has 0 unspecified atom stereocenters. The van der Waals surface area contributed by atoms with E-state index in [1.54, 1.807) is 18.4 Å². The predicted molar refractivity (Wildman–Crippen MR) is 122 cm³/mol. The van der Waals surface area contributed by atoms with E-state index in [9.17, 15) is 4.79 Å².